The van der Waals surface area contributed by atoms with Crippen molar-refractivity contribution in [2.75, 3.05) is 13.1 Å². The number of likely N-dealkylation sites (N-methyl/N-ethyl adjacent to an activating group) is 1. The van der Waals surface area contributed by atoms with Gasteiger partial charge in [-0.05, 0) is 18.9 Å². The molecule has 4 nitrogen and oxygen atoms in total. The van der Waals surface area contributed by atoms with Gasteiger partial charge in [0.05, 0.1) is 0 Å². The summed E-state index contributed by atoms with van der Waals surface area (Å²) in [6, 6.07) is 0. The van der Waals surface area contributed by atoms with Gasteiger partial charge >= 0.3 is 0 Å². The Hall–Kier alpha value is -0.900. The molecule has 1 N–H and O–H groups in total. The van der Waals surface area contributed by atoms with Crippen LogP contribution in [0.15, 0.2) is 4.42 Å². The van der Waals surface area contributed by atoms with E-state index in [1.165, 1.54) is 6.42 Å². The predicted molar refractivity (Wildman–Crippen MR) is 53.1 cm³/mol. The molecule has 1 fully saturated rings. The molecule has 0 spiro atoms. The van der Waals surface area contributed by atoms with E-state index in [4.69, 9.17) is 4.42 Å². The highest BCUT2D eigenvalue weighted by Crippen LogP contribution is 2.46. The molecular formula is C10H17N3O. The van der Waals surface area contributed by atoms with Crippen molar-refractivity contribution in [3.8, 4) is 0 Å². The molecule has 14 heavy (non-hydrogen) atoms. The molecule has 1 aromatic heterocycles. The van der Waals surface area contributed by atoms with Crippen molar-refractivity contribution < 1.29 is 4.42 Å². The zero-order chi connectivity index (χ0) is 9.97. The van der Waals surface area contributed by atoms with Crippen molar-refractivity contribution in [1.29, 1.82) is 0 Å². The fourth-order valence-corrected chi connectivity index (χ4v) is 1.56. The lowest BCUT2D eigenvalue weighted by Gasteiger charge is -1.95. The molecule has 78 valence electrons. The predicted octanol–water partition coefficient (Wildman–Crippen LogP) is 1.34. The Bertz CT molecular complexity index is 297. The van der Waals surface area contributed by atoms with Gasteiger partial charge in [0.25, 0.3) is 0 Å². The molecule has 2 unspecified atom stereocenters. The number of nitrogens with zero attached hydrogens (tertiary/aromatic N) is 2. The summed E-state index contributed by atoms with van der Waals surface area (Å²) in [6.07, 6.45) is 2.04. The van der Waals surface area contributed by atoms with Crippen LogP contribution in [0.3, 0.4) is 0 Å². The van der Waals surface area contributed by atoms with Crippen molar-refractivity contribution in [2.24, 2.45) is 5.92 Å². The maximum atomic E-state index is 5.56. The third-order valence-corrected chi connectivity index (χ3v) is 2.67. The SMILES string of the molecule is CCNCCc1nnc(C2CC2C)o1. The second kappa shape index (κ2) is 4.09. The number of nitrogens with one attached hydrogen (secondary N) is 1. The molecule has 1 saturated carbocycles. The topological polar surface area (TPSA) is 51.0 Å². The zero-order valence-electron chi connectivity index (χ0n) is 8.79. The lowest BCUT2D eigenvalue weighted by atomic mass is 10.3. The van der Waals surface area contributed by atoms with Crippen LogP contribution in [0, 0.1) is 5.92 Å². The lowest BCUT2D eigenvalue weighted by Crippen LogP contribution is -2.16. The summed E-state index contributed by atoms with van der Waals surface area (Å²) in [5, 5.41) is 11.3. The second-order valence-electron chi connectivity index (χ2n) is 3.96. The van der Waals surface area contributed by atoms with Gasteiger partial charge in [0.1, 0.15) is 0 Å². The van der Waals surface area contributed by atoms with Crippen LogP contribution in [0.4, 0.5) is 0 Å². The average molecular weight is 195 g/mol. The lowest BCUT2D eigenvalue weighted by molar-refractivity contribution is 0.442. The molecule has 2 atom stereocenters. The molecule has 2 rings (SSSR count). The Balaban J connectivity index is 1.84. The molecule has 1 aromatic rings. The minimum Gasteiger partial charge on any atom is -0.425 e. The van der Waals surface area contributed by atoms with E-state index in [1.54, 1.807) is 0 Å². The summed E-state index contributed by atoms with van der Waals surface area (Å²) in [6.45, 7) is 6.21. The van der Waals surface area contributed by atoms with E-state index >= 15 is 0 Å². The monoisotopic (exact) mass is 195 g/mol. The maximum absolute atomic E-state index is 5.56. The van der Waals surface area contributed by atoms with E-state index in [-0.39, 0.29) is 0 Å². The Kier molecular flexibility index (Phi) is 2.82. The van der Waals surface area contributed by atoms with Gasteiger partial charge in [-0.2, -0.15) is 0 Å². The van der Waals surface area contributed by atoms with E-state index in [1.807, 2.05) is 0 Å². The highest BCUT2D eigenvalue weighted by atomic mass is 16.4. The summed E-state index contributed by atoms with van der Waals surface area (Å²) in [7, 11) is 0. The van der Waals surface area contributed by atoms with Crippen molar-refractivity contribution in [1.82, 2.24) is 15.5 Å². The molecule has 1 aliphatic rings. The van der Waals surface area contributed by atoms with Crippen molar-refractivity contribution >= 4 is 0 Å². The first-order valence-electron chi connectivity index (χ1n) is 5.34. The number of hydrogen-bond acceptors (Lipinski definition) is 4. The molecule has 0 saturated heterocycles. The van der Waals surface area contributed by atoms with Crippen LogP contribution in [-0.2, 0) is 6.42 Å². The van der Waals surface area contributed by atoms with Crippen molar-refractivity contribution in [3.05, 3.63) is 11.8 Å². The maximum Gasteiger partial charge on any atom is 0.219 e. The van der Waals surface area contributed by atoms with Gasteiger partial charge in [-0.15, -0.1) is 10.2 Å². The Labute approximate surface area is 84.1 Å². The molecule has 1 aliphatic carbocycles. The first-order valence-corrected chi connectivity index (χ1v) is 5.34. The van der Waals surface area contributed by atoms with Gasteiger partial charge in [-0.1, -0.05) is 13.8 Å². The molecule has 0 bridgehead atoms. The number of rotatable bonds is 5. The van der Waals surface area contributed by atoms with Crippen LogP contribution in [0.5, 0.6) is 0 Å². The Morgan fingerprint density at radius 3 is 2.93 bits per heavy atom. The molecule has 0 amide bonds. The Morgan fingerprint density at radius 2 is 2.29 bits per heavy atom. The van der Waals surface area contributed by atoms with Crippen LogP contribution >= 0.6 is 0 Å². The first-order chi connectivity index (χ1) is 6.81. The summed E-state index contributed by atoms with van der Waals surface area (Å²) in [5.74, 6) is 2.87. The fraction of sp³-hybridized carbons (Fsp3) is 0.800. The first kappa shape index (κ1) is 9.65. The van der Waals surface area contributed by atoms with Crippen LogP contribution in [0.25, 0.3) is 0 Å². The molecule has 0 aliphatic heterocycles. The van der Waals surface area contributed by atoms with E-state index < -0.39 is 0 Å². The molecule has 4 heteroatoms. The second-order valence-corrected chi connectivity index (χ2v) is 3.96. The highest BCUT2D eigenvalue weighted by molar-refractivity contribution is 5.04. The van der Waals surface area contributed by atoms with Gasteiger partial charge in [0.2, 0.25) is 11.8 Å². The fourth-order valence-electron chi connectivity index (χ4n) is 1.56. The van der Waals surface area contributed by atoms with Crippen LogP contribution in [0.2, 0.25) is 0 Å². The summed E-state index contributed by atoms with van der Waals surface area (Å²) in [5.41, 5.74) is 0. The smallest absolute Gasteiger partial charge is 0.219 e. The summed E-state index contributed by atoms with van der Waals surface area (Å²) in [4.78, 5) is 0. The normalized spacial score (nSPS) is 25.3. The number of aromatic nitrogens is 2. The van der Waals surface area contributed by atoms with E-state index in [0.29, 0.717) is 5.92 Å². The summed E-state index contributed by atoms with van der Waals surface area (Å²) >= 11 is 0. The third-order valence-electron chi connectivity index (χ3n) is 2.67. The van der Waals surface area contributed by atoms with Crippen LogP contribution in [-0.4, -0.2) is 23.3 Å². The quantitative estimate of drug-likeness (QED) is 0.720. The largest absolute Gasteiger partial charge is 0.425 e. The molecule has 0 aromatic carbocycles. The van der Waals surface area contributed by atoms with E-state index in [2.05, 4.69) is 29.4 Å². The molecule has 1 heterocycles. The van der Waals surface area contributed by atoms with Gasteiger partial charge in [-0.3, -0.25) is 0 Å². The van der Waals surface area contributed by atoms with Gasteiger partial charge in [0.15, 0.2) is 0 Å². The minimum absolute atomic E-state index is 0.537. The van der Waals surface area contributed by atoms with E-state index in [0.717, 1.165) is 37.2 Å². The van der Waals surface area contributed by atoms with E-state index in [9.17, 15) is 0 Å². The third kappa shape index (κ3) is 2.12. The van der Waals surface area contributed by atoms with Gasteiger partial charge in [-0.25, -0.2) is 0 Å². The average Bonchev–Trinajstić information content (AvgIpc) is 2.74. The standard InChI is InChI=1S/C10H17N3O/c1-3-11-5-4-9-12-13-10(14-9)8-6-7(8)2/h7-8,11H,3-6H2,1-2H3. The minimum atomic E-state index is 0.537. The Morgan fingerprint density at radius 1 is 1.50 bits per heavy atom. The van der Waals surface area contributed by atoms with Crippen molar-refractivity contribution in [3.63, 3.8) is 0 Å². The van der Waals surface area contributed by atoms with Gasteiger partial charge < -0.3 is 9.73 Å². The molecular weight excluding hydrogens is 178 g/mol. The zero-order valence-corrected chi connectivity index (χ0v) is 8.79. The highest BCUT2D eigenvalue weighted by Gasteiger charge is 2.38. The number of hydrogen-bond donors (Lipinski definition) is 1. The van der Waals surface area contributed by atoms with Crippen LogP contribution in [0.1, 0.15) is 38.0 Å². The summed E-state index contributed by atoms with van der Waals surface area (Å²) < 4.78 is 5.56. The van der Waals surface area contributed by atoms with Crippen LogP contribution < -0.4 is 5.32 Å². The molecule has 0 radical (unpaired) electrons. The van der Waals surface area contributed by atoms with Gasteiger partial charge in [0, 0.05) is 18.9 Å². The van der Waals surface area contributed by atoms with Crippen molar-refractivity contribution in [2.45, 2.75) is 32.6 Å².